The second-order valence-electron chi connectivity index (χ2n) is 11.4. The summed E-state index contributed by atoms with van der Waals surface area (Å²) in [4.78, 5) is 22.0. The van der Waals surface area contributed by atoms with Gasteiger partial charge in [0.1, 0.15) is 6.10 Å². The summed E-state index contributed by atoms with van der Waals surface area (Å²) >= 11 is 3.65. The van der Waals surface area contributed by atoms with Gasteiger partial charge in [0, 0.05) is 33.8 Å². The molecule has 2 heterocycles. The van der Waals surface area contributed by atoms with Gasteiger partial charge in [-0.3, -0.25) is 0 Å². The number of nitrogens with zero attached hydrogens (tertiary/aromatic N) is 2. The SMILES string of the molecule is CSc1ccc2c(c1)N(CC[C@H]1CCCCN1C(=O)O[C@@H]1C[C@H](C)CC[C@H]1C(C)C)c1ccccc1S2. The van der Waals surface area contributed by atoms with E-state index in [1.165, 1.54) is 45.3 Å². The highest BCUT2D eigenvalue weighted by atomic mass is 32.2. The Morgan fingerprint density at radius 2 is 1.89 bits per heavy atom. The Bertz CT molecular complexity index is 1090. The first-order valence-corrected chi connectivity index (χ1v) is 16.2. The van der Waals surface area contributed by atoms with Crippen LogP contribution < -0.4 is 4.90 Å². The standard InChI is InChI=1S/C31H42N2O2S2/c1-21(2)25-14-12-22(3)19-28(25)35-31(34)32-17-8-7-9-23(32)16-18-33-26-10-5-6-11-29(26)37-30-15-13-24(36-4)20-27(30)33/h5-6,10-11,13,15,20-23,25,28H,7-9,12,14,16-19H2,1-4H3/t22-,23-,25+,28-/m1/s1. The van der Waals surface area contributed by atoms with Gasteiger partial charge in [0.05, 0.1) is 11.4 Å². The predicted molar refractivity (Wildman–Crippen MR) is 156 cm³/mol. The Balaban J connectivity index is 1.32. The Morgan fingerprint density at radius 3 is 2.70 bits per heavy atom. The summed E-state index contributed by atoms with van der Waals surface area (Å²) in [6.45, 7) is 8.57. The summed E-state index contributed by atoms with van der Waals surface area (Å²) in [5.41, 5.74) is 2.57. The number of anilines is 2. The number of likely N-dealkylation sites (tertiary alicyclic amines) is 1. The third-order valence-electron chi connectivity index (χ3n) is 8.59. The van der Waals surface area contributed by atoms with Crippen molar-refractivity contribution >= 4 is 41.0 Å². The average molecular weight is 539 g/mol. The largest absolute Gasteiger partial charge is 0.446 e. The van der Waals surface area contributed by atoms with Crippen LogP contribution in [0.25, 0.3) is 0 Å². The van der Waals surface area contributed by atoms with Crippen molar-refractivity contribution < 1.29 is 9.53 Å². The normalized spacial score (nSPS) is 25.5. The van der Waals surface area contributed by atoms with E-state index >= 15 is 0 Å². The lowest BCUT2D eigenvalue weighted by atomic mass is 9.75. The molecule has 0 N–H and O–H groups in total. The predicted octanol–water partition coefficient (Wildman–Crippen LogP) is 8.85. The number of rotatable bonds is 6. The topological polar surface area (TPSA) is 32.8 Å². The molecule has 1 saturated heterocycles. The Kier molecular flexibility index (Phi) is 8.65. The van der Waals surface area contributed by atoms with Crippen LogP contribution in [0.4, 0.5) is 16.2 Å². The second-order valence-corrected chi connectivity index (χ2v) is 13.4. The van der Waals surface area contributed by atoms with Crippen LogP contribution in [-0.2, 0) is 4.74 Å². The van der Waals surface area contributed by atoms with Crippen LogP contribution in [0, 0.1) is 17.8 Å². The number of carbonyl (C=O) groups is 1. The van der Waals surface area contributed by atoms with Gasteiger partial charge in [-0.2, -0.15) is 0 Å². The summed E-state index contributed by atoms with van der Waals surface area (Å²) < 4.78 is 6.31. The highest BCUT2D eigenvalue weighted by Gasteiger charge is 2.36. The molecule has 4 atom stereocenters. The van der Waals surface area contributed by atoms with Crippen LogP contribution in [0.5, 0.6) is 0 Å². The molecule has 0 spiro atoms. The molecular formula is C31H42N2O2S2. The van der Waals surface area contributed by atoms with Gasteiger partial charge < -0.3 is 14.5 Å². The van der Waals surface area contributed by atoms with Crippen molar-refractivity contribution in [1.82, 2.24) is 4.90 Å². The van der Waals surface area contributed by atoms with Gasteiger partial charge in [0.2, 0.25) is 0 Å². The van der Waals surface area contributed by atoms with Crippen LogP contribution >= 0.6 is 23.5 Å². The molecule has 3 aliphatic rings. The molecule has 0 unspecified atom stereocenters. The smallest absolute Gasteiger partial charge is 0.410 e. The van der Waals surface area contributed by atoms with Crippen molar-refractivity contribution in [3.63, 3.8) is 0 Å². The fourth-order valence-electron chi connectivity index (χ4n) is 6.44. The quantitative estimate of drug-likeness (QED) is 0.343. The summed E-state index contributed by atoms with van der Waals surface area (Å²) in [5, 5.41) is 0. The fourth-order valence-corrected chi connectivity index (χ4v) is 7.95. The van der Waals surface area contributed by atoms with Crippen LogP contribution in [0.1, 0.15) is 65.7 Å². The van der Waals surface area contributed by atoms with Gasteiger partial charge in [0.25, 0.3) is 0 Å². The molecule has 200 valence electrons. The van der Waals surface area contributed by atoms with Gasteiger partial charge in [-0.1, -0.05) is 51.1 Å². The van der Waals surface area contributed by atoms with E-state index in [9.17, 15) is 4.79 Å². The Labute approximate surface area is 231 Å². The van der Waals surface area contributed by atoms with Gasteiger partial charge in [0.15, 0.2) is 0 Å². The number of hydrogen-bond acceptors (Lipinski definition) is 5. The van der Waals surface area contributed by atoms with Crippen molar-refractivity contribution in [3.8, 4) is 0 Å². The van der Waals surface area contributed by atoms with E-state index in [-0.39, 0.29) is 18.2 Å². The zero-order valence-electron chi connectivity index (χ0n) is 22.8. The minimum Gasteiger partial charge on any atom is -0.446 e. The lowest BCUT2D eigenvalue weighted by Gasteiger charge is -2.41. The second kappa shape index (κ2) is 11.9. The highest BCUT2D eigenvalue weighted by molar-refractivity contribution is 8.00. The van der Waals surface area contributed by atoms with Gasteiger partial charge >= 0.3 is 6.09 Å². The van der Waals surface area contributed by atoms with Crippen LogP contribution in [-0.4, -0.2) is 42.5 Å². The molecule has 2 aromatic carbocycles. The minimum absolute atomic E-state index is 0.0571. The van der Waals surface area contributed by atoms with Crippen molar-refractivity contribution in [1.29, 1.82) is 0 Å². The number of para-hydroxylation sites is 1. The molecule has 1 aliphatic carbocycles. The van der Waals surface area contributed by atoms with Crippen LogP contribution in [0.3, 0.4) is 0 Å². The molecule has 0 radical (unpaired) electrons. The van der Waals surface area contributed by atoms with Crippen molar-refractivity contribution in [2.75, 3.05) is 24.2 Å². The molecular weight excluding hydrogens is 496 g/mol. The third kappa shape index (κ3) is 5.95. The molecule has 2 fully saturated rings. The molecule has 4 nitrogen and oxygen atoms in total. The number of thioether (sulfide) groups is 1. The third-order valence-corrected chi connectivity index (χ3v) is 10.4. The monoisotopic (exact) mass is 538 g/mol. The molecule has 2 aromatic rings. The number of fused-ring (bicyclic) bond motifs is 2. The summed E-state index contributed by atoms with van der Waals surface area (Å²) in [6, 6.07) is 15.8. The summed E-state index contributed by atoms with van der Waals surface area (Å²) in [6.07, 6.45) is 9.81. The number of hydrogen-bond donors (Lipinski definition) is 0. The van der Waals surface area contributed by atoms with Crippen molar-refractivity contribution in [3.05, 3.63) is 42.5 Å². The lowest BCUT2D eigenvalue weighted by Crippen LogP contribution is -2.48. The molecule has 0 bridgehead atoms. The van der Waals surface area contributed by atoms with Gasteiger partial charge in [-0.25, -0.2) is 4.79 Å². The maximum absolute atomic E-state index is 13.6. The van der Waals surface area contributed by atoms with Gasteiger partial charge in [-0.05, 0) is 92.9 Å². The number of benzene rings is 2. The highest BCUT2D eigenvalue weighted by Crippen LogP contribution is 2.49. The van der Waals surface area contributed by atoms with Crippen LogP contribution in [0.15, 0.2) is 57.2 Å². The fraction of sp³-hybridized carbons (Fsp3) is 0.581. The Morgan fingerprint density at radius 1 is 1.08 bits per heavy atom. The number of ether oxygens (including phenoxy) is 1. The maximum atomic E-state index is 13.6. The average Bonchev–Trinajstić information content (AvgIpc) is 2.90. The van der Waals surface area contributed by atoms with E-state index < -0.39 is 0 Å². The first kappa shape index (κ1) is 26.8. The molecule has 6 heteroatoms. The molecule has 0 aromatic heterocycles. The zero-order valence-corrected chi connectivity index (χ0v) is 24.5. The van der Waals surface area contributed by atoms with E-state index in [2.05, 4.69) is 79.3 Å². The van der Waals surface area contributed by atoms with E-state index in [0.29, 0.717) is 17.8 Å². The van der Waals surface area contributed by atoms with Crippen LogP contribution in [0.2, 0.25) is 0 Å². The summed E-state index contributed by atoms with van der Waals surface area (Å²) in [5.74, 6) is 1.66. The van der Waals surface area contributed by atoms with E-state index in [1.54, 1.807) is 11.8 Å². The molecule has 1 amide bonds. The number of amides is 1. The maximum Gasteiger partial charge on any atom is 0.410 e. The first-order valence-electron chi connectivity index (χ1n) is 14.1. The van der Waals surface area contributed by atoms with Crippen molar-refractivity contribution in [2.45, 2.75) is 92.5 Å². The molecule has 1 saturated carbocycles. The van der Waals surface area contributed by atoms with Crippen molar-refractivity contribution in [2.24, 2.45) is 17.8 Å². The summed E-state index contributed by atoms with van der Waals surface area (Å²) in [7, 11) is 0. The number of carbonyl (C=O) groups excluding carboxylic acids is 1. The zero-order chi connectivity index (χ0) is 25.9. The molecule has 37 heavy (non-hydrogen) atoms. The van der Waals surface area contributed by atoms with E-state index in [4.69, 9.17) is 4.74 Å². The molecule has 2 aliphatic heterocycles. The molecule has 5 rings (SSSR count). The Hall–Kier alpha value is -1.79. The lowest BCUT2D eigenvalue weighted by molar-refractivity contribution is -0.0194. The van der Waals surface area contributed by atoms with Gasteiger partial charge in [-0.15, -0.1) is 11.8 Å². The first-order chi connectivity index (χ1) is 17.9. The van der Waals surface area contributed by atoms with E-state index in [1.807, 2.05) is 11.8 Å². The number of piperidine rings is 1. The minimum atomic E-state index is -0.0749. The van der Waals surface area contributed by atoms with E-state index in [0.717, 1.165) is 38.8 Å².